The second-order valence-electron chi connectivity index (χ2n) is 6.29. The average Bonchev–Trinajstić information content (AvgIpc) is 2.69. The van der Waals surface area contributed by atoms with Crippen molar-refractivity contribution in [3.63, 3.8) is 0 Å². The largest absolute Gasteiger partial charge is 0.493 e. The summed E-state index contributed by atoms with van der Waals surface area (Å²) in [6, 6.07) is 8.24. The van der Waals surface area contributed by atoms with Gasteiger partial charge in [0.2, 0.25) is 0 Å². The van der Waals surface area contributed by atoms with E-state index in [1.807, 2.05) is 31.2 Å². The Bertz CT molecular complexity index is 714. The van der Waals surface area contributed by atoms with Crippen LogP contribution in [0.4, 0.5) is 5.82 Å². The molecule has 1 fully saturated rings. The van der Waals surface area contributed by atoms with Crippen molar-refractivity contribution in [1.29, 1.82) is 0 Å². The maximum atomic E-state index is 6.36. The van der Waals surface area contributed by atoms with E-state index in [2.05, 4.69) is 20.4 Å². The number of nitrogens with one attached hydrogen (secondary N) is 1. The number of rotatable bonds is 7. The summed E-state index contributed by atoms with van der Waals surface area (Å²) in [5.41, 5.74) is 1.08. The first-order chi connectivity index (χ1) is 12.7. The molecular weight excluding hydrogens is 352 g/mol. The third kappa shape index (κ3) is 4.56. The number of nitrogens with zero attached hydrogens (tertiary/aromatic N) is 3. The fraction of sp³-hybridized carbons (Fsp3) is 0.474. The van der Waals surface area contributed by atoms with Gasteiger partial charge in [-0.2, -0.15) is 5.10 Å². The van der Waals surface area contributed by atoms with E-state index >= 15 is 0 Å². The van der Waals surface area contributed by atoms with Crippen molar-refractivity contribution in [3.05, 3.63) is 41.0 Å². The van der Waals surface area contributed by atoms with Crippen molar-refractivity contribution in [1.82, 2.24) is 15.5 Å². The highest BCUT2D eigenvalue weighted by Gasteiger charge is 2.21. The number of halogens is 1. The number of aromatic nitrogens is 2. The van der Waals surface area contributed by atoms with Gasteiger partial charge in [-0.15, -0.1) is 5.10 Å². The van der Waals surface area contributed by atoms with Crippen LogP contribution in [0, 0.1) is 0 Å². The van der Waals surface area contributed by atoms with Crippen molar-refractivity contribution >= 4 is 17.4 Å². The molecule has 1 saturated heterocycles. The Labute approximate surface area is 159 Å². The summed E-state index contributed by atoms with van der Waals surface area (Å²) < 4.78 is 11.0. The van der Waals surface area contributed by atoms with E-state index in [1.165, 1.54) is 0 Å². The van der Waals surface area contributed by atoms with Crippen molar-refractivity contribution in [2.75, 3.05) is 31.7 Å². The van der Waals surface area contributed by atoms with Gasteiger partial charge in [0.15, 0.2) is 17.3 Å². The van der Waals surface area contributed by atoms with E-state index in [0.717, 1.165) is 43.9 Å². The molecule has 0 radical (unpaired) electrons. The average molecular weight is 377 g/mol. The van der Waals surface area contributed by atoms with Crippen molar-refractivity contribution in [2.45, 2.75) is 32.4 Å². The SMILES string of the molecule is CCOc1c(Cl)cc(CNC2CCCN(c3cccnn3)C2)cc1OC. The maximum absolute atomic E-state index is 6.36. The topological polar surface area (TPSA) is 59.5 Å². The fourth-order valence-corrected chi connectivity index (χ4v) is 3.52. The van der Waals surface area contributed by atoms with E-state index < -0.39 is 0 Å². The minimum atomic E-state index is 0.391. The zero-order chi connectivity index (χ0) is 18.4. The molecular formula is C19H25ClN4O2. The molecule has 26 heavy (non-hydrogen) atoms. The molecule has 1 aliphatic heterocycles. The van der Waals surface area contributed by atoms with Crippen molar-refractivity contribution in [2.24, 2.45) is 0 Å². The number of anilines is 1. The van der Waals surface area contributed by atoms with Gasteiger partial charge in [0.05, 0.1) is 18.7 Å². The van der Waals surface area contributed by atoms with Crippen LogP contribution in [0.5, 0.6) is 11.5 Å². The highest BCUT2D eigenvalue weighted by molar-refractivity contribution is 6.32. The second-order valence-corrected chi connectivity index (χ2v) is 6.70. The Morgan fingerprint density at radius 1 is 1.38 bits per heavy atom. The number of hydrogen-bond acceptors (Lipinski definition) is 6. The van der Waals surface area contributed by atoms with Crippen LogP contribution in [0.15, 0.2) is 30.5 Å². The van der Waals surface area contributed by atoms with E-state index in [4.69, 9.17) is 21.1 Å². The number of ether oxygens (including phenoxy) is 2. The second kappa shape index (κ2) is 9.05. The molecule has 2 heterocycles. The van der Waals surface area contributed by atoms with Crippen LogP contribution < -0.4 is 19.7 Å². The monoisotopic (exact) mass is 376 g/mol. The summed E-state index contributed by atoms with van der Waals surface area (Å²) in [5.74, 6) is 2.21. The molecule has 1 aromatic heterocycles. The molecule has 0 aliphatic carbocycles. The van der Waals surface area contributed by atoms with Gasteiger partial charge in [0, 0.05) is 31.9 Å². The highest BCUT2D eigenvalue weighted by Crippen LogP contribution is 2.36. The molecule has 0 bridgehead atoms. The van der Waals surface area contributed by atoms with E-state index in [0.29, 0.717) is 29.2 Å². The van der Waals surface area contributed by atoms with Gasteiger partial charge < -0.3 is 19.7 Å². The Kier molecular flexibility index (Phi) is 6.52. The van der Waals surface area contributed by atoms with Crippen LogP contribution in [-0.2, 0) is 6.54 Å². The van der Waals surface area contributed by atoms with Crippen molar-refractivity contribution in [3.8, 4) is 11.5 Å². The van der Waals surface area contributed by atoms with E-state index in [9.17, 15) is 0 Å². The summed E-state index contributed by atoms with van der Waals surface area (Å²) in [5, 5.41) is 12.4. The normalized spacial score (nSPS) is 17.2. The van der Waals surface area contributed by atoms with Gasteiger partial charge in [0.25, 0.3) is 0 Å². The summed E-state index contributed by atoms with van der Waals surface area (Å²) in [7, 11) is 1.63. The molecule has 1 unspecified atom stereocenters. The third-order valence-electron chi connectivity index (χ3n) is 4.48. The van der Waals surface area contributed by atoms with Gasteiger partial charge in [-0.25, -0.2) is 0 Å². The lowest BCUT2D eigenvalue weighted by Crippen LogP contribution is -2.45. The first-order valence-corrected chi connectivity index (χ1v) is 9.34. The fourth-order valence-electron chi connectivity index (χ4n) is 3.24. The quantitative estimate of drug-likeness (QED) is 0.800. The number of hydrogen-bond donors (Lipinski definition) is 1. The smallest absolute Gasteiger partial charge is 0.179 e. The first kappa shape index (κ1) is 18.7. The lowest BCUT2D eigenvalue weighted by Gasteiger charge is -2.33. The predicted molar refractivity (Wildman–Crippen MR) is 103 cm³/mol. The predicted octanol–water partition coefficient (Wildman–Crippen LogP) is 3.30. The molecule has 0 amide bonds. The zero-order valence-corrected chi connectivity index (χ0v) is 16.0. The summed E-state index contributed by atoms with van der Waals surface area (Å²) in [6.45, 7) is 5.13. The maximum Gasteiger partial charge on any atom is 0.179 e. The number of benzene rings is 1. The van der Waals surface area contributed by atoms with Gasteiger partial charge >= 0.3 is 0 Å². The Morgan fingerprint density at radius 3 is 3.00 bits per heavy atom. The minimum absolute atomic E-state index is 0.391. The van der Waals surface area contributed by atoms with Crippen LogP contribution >= 0.6 is 11.6 Å². The lowest BCUT2D eigenvalue weighted by atomic mass is 10.1. The van der Waals surface area contributed by atoms with Crippen LogP contribution in [0.1, 0.15) is 25.3 Å². The van der Waals surface area contributed by atoms with Gasteiger partial charge in [-0.05, 0) is 49.6 Å². The van der Waals surface area contributed by atoms with Gasteiger partial charge in [-0.3, -0.25) is 0 Å². The van der Waals surface area contributed by atoms with E-state index in [1.54, 1.807) is 13.3 Å². The Balaban J connectivity index is 1.62. The van der Waals surface area contributed by atoms with Crippen LogP contribution in [0.3, 0.4) is 0 Å². The Morgan fingerprint density at radius 2 is 2.27 bits per heavy atom. The molecule has 140 valence electrons. The van der Waals surface area contributed by atoms with Crippen LogP contribution in [0.25, 0.3) is 0 Å². The number of piperidine rings is 1. The molecule has 1 aromatic carbocycles. The zero-order valence-electron chi connectivity index (χ0n) is 15.2. The molecule has 3 rings (SSSR count). The molecule has 0 saturated carbocycles. The molecule has 1 atom stereocenters. The summed E-state index contributed by atoms with van der Waals surface area (Å²) >= 11 is 6.36. The molecule has 2 aromatic rings. The first-order valence-electron chi connectivity index (χ1n) is 8.96. The third-order valence-corrected chi connectivity index (χ3v) is 4.76. The molecule has 6 nitrogen and oxygen atoms in total. The summed E-state index contributed by atoms with van der Waals surface area (Å²) in [6.07, 6.45) is 3.96. The van der Waals surface area contributed by atoms with E-state index in [-0.39, 0.29) is 0 Å². The minimum Gasteiger partial charge on any atom is -0.493 e. The molecule has 7 heteroatoms. The molecule has 0 spiro atoms. The van der Waals surface area contributed by atoms with Gasteiger partial charge in [-0.1, -0.05) is 11.6 Å². The Hall–Kier alpha value is -2.05. The standard InChI is InChI=1S/C19H25ClN4O2/c1-3-26-19-16(20)10-14(11-17(19)25-2)12-21-15-6-5-9-24(13-15)18-7-4-8-22-23-18/h4,7-8,10-11,15,21H,3,5-6,9,12-13H2,1-2H3. The van der Waals surface area contributed by atoms with Gasteiger partial charge in [0.1, 0.15) is 0 Å². The lowest BCUT2D eigenvalue weighted by molar-refractivity contribution is 0.310. The molecule has 1 aliphatic rings. The molecule has 1 N–H and O–H groups in total. The number of methoxy groups -OCH3 is 1. The van der Waals surface area contributed by atoms with Crippen LogP contribution in [-0.4, -0.2) is 43.0 Å². The van der Waals surface area contributed by atoms with Crippen molar-refractivity contribution < 1.29 is 9.47 Å². The van der Waals surface area contributed by atoms with Crippen LogP contribution in [0.2, 0.25) is 5.02 Å². The summed E-state index contributed by atoms with van der Waals surface area (Å²) in [4.78, 5) is 2.28. The highest BCUT2D eigenvalue weighted by atomic mass is 35.5.